The van der Waals surface area contributed by atoms with Crippen molar-refractivity contribution in [2.75, 3.05) is 0 Å². The van der Waals surface area contributed by atoms with Crippen LogP contribution in [0, 0.1) is 12.7 Å². The van der Waals surface area contributed by atoms with Gasteiger partial charge in [-0.2, -0.15) is 0 Å². The van der Waals surface area contributed by atoms with Crippen LogP contribution in [0.5, 0.6) is 0 Å². The first-order valence-corrected chi connectivity index (χ1v) is 9.13. The van der Waals surface area contributed by atoms with Gasteiger partial charge in [-0.1, -0.05) is 48.0 Å². The van der Waals surface area contributed by atoms with Gasteiger partial charge in [-0.3, -0.25) is 9.36 Å². The summed E-state index contributed by atoms with van der Waals surface area (Å²) in [6.45, 7) is 1.87. The largest absolute Gasteiger partial charge is 0.268 e. The molecule has 4 aromatic rings. The fourth-order valence-electron chi connectivity index (χ4n) is 3.08. The second-order valence-corrected chi connectivity index (χ2v) is 6.80. The highest BCUT2D eigenvalue weighted by Gasteiger charge is 2.13. The summed E-state index contributed by atoms with van der Waals surface area (Å²) in [5.74, 6) is 0.172. The molecule has 0 aliphatic heterocycles. The zero-order chi connectivity index (χ0) is 19.7. The molecule has 1 heterocycles. The third-order valence-corrected chi connectivity index (χ3v) is 4.99. The average molecular weight is 391 g/mol. The summed E-state index contributed by atoms with van der Waals surface area (Å²) in [5, 5.41) is 1.10. The standard InChI is InChI=1S/C23H16ClFN2O/c1-15-19(24)6-4-8-21(15)27-22(14-11-16-9-12-17(25)13-10-16)26-20-7-3-2-5-18(20)23(27)28/h2-14H,1H3/b14-11-. The van der Waals surface area contributed by atoms with Crippen LogP contribution in [0.2, 0.25) is 5.02 Å². The number of fused-ring (bicyclic) bond motifs is 1. The fraction of sp³-hybridized carbons (Fsp3) is 0.0435. The summed E-state index contributed by atoms with van der Waals surface area (Å²) in [5.41, 5.74) is 2.71. The molecule has 28 heavy (non-hydrogen) atoms. The molecule has 0 unspecified atom stereocenters. The zero-order valence-electron chi connectivity index (χ0n) is 15.1. The SMILES string of the molecule is Cc1c(Cl)cccc1-n1c(/C=C\c2ccc(F)cc2)nc2ccccc2c1=O. The minimum Gasteiger partial charge on any atom is -0.268 e. The number of para-hydroxylation sites is 1. The van der Waals surface area contributed by atoms with E-state index in [0.29, 0.717) is 27.4 Å². The Kier molecular flexibility index (Phi) is 4.80. The van der Waals surface area contributed by atoms with Gasteiger partial charge in [0.25, 0.3) is 5.56 Å². The predicted octanol–water partition coefficient (Wildman–Crippen LogP) is 5.66. The molecule has 0 N–H and O–H groups in total. The Morgan fingerprint density at radius 2 is 1.71 bits per heavy atom. The van der Waals surface area contributed by atoms with Crippen LogP contribution in [0.25, 0.3) is 28.7 Å². The van der Waals surface area contributed by atoms with Gasteiger partial charge >= 0.3 is 0 Å². The molecule has 3 aromatic carbocycles. The van der Waals surface area contributed by atoms with Gasteiger partial charge < -0.3 is 0 Å². The Morgan fingerprint density at radius 1 is 0.964 bits per heavy atom. The average Bonchev–Trinajstić information content (AvgIpc) is 2.70. The third-order valence-electron chi connectivity index (χ3n) is 4.58. The first-order valence-electron chi connectivity index (χ1n) is 8.75. The Hall–Kier alpha value is -3.24. The van der Waals surface area contributed by atoms with Crippen molar-refractivity contribution in [2.24, 2.45) is 0 Å². The van der Waals surface area contributed by atoms with Crippen LogP contribution in [0.4, 0.5) is 4.39 Å². The molecular formula is C23H16ClFN2O. The van der Waals surface area contributed by atoms with E-state index in [9.17, 15) is 9.18 Å². The summed E-state index contributed by atoms with van der Waals surface area (Å²) in [7, 11) is 0. The molecule has 0 amide bonds. The van der Waals surface area contributed by atoms with Crippen molar-refractivity contribution < 1.29 is 4.39 Å². The van der Waals surface area contributed by atoms with E-state index in [1.165, 1.54) is 12.1 Å². The van der Waals surface area contributed by atoms with Crippen molar-refractivity contribution in [1.82, 2.24) is 9.55 Å². The van der Waals surface area contributed by atoms with E-state index < -0.39 is 0 Å². The van der Waals surface area contributed by atoms with Crippen molar-refractivity contribution in [3.8, 4) is 5.69 Å². The minimum absolute atomic E-state index is 0.172. The number of rotatable bonds is 3. The molecule has 138 valence electrons. The molecule has 3 nitrogen and oxygen atoms in total. The summed E-state index contributed by atoms with van der Waals surface area (Å²) in [4.78, 5) is 17.9. The highest BCUT2D eigenvalue weighted by atomic mass is 35.5. The van der Waals surface area contributed by atoms with Gasteiger partial charge in [0.1, 0.15) is 11.6 Å². The summed E-state index contributed by atoms with van der Waals surface area (Å²) >= 11 is 6.29. The molecule has 0 spiro atoms. The van der Waals surface area contributed by atoms with Gasteiger partial charge in [0.15, 0.2) is 0 Å². The maximum atomic E-state index is 13.3. The lowest BCUT2D eigenvalue weighted by atomic mass is 10.1. The van der Waals surface area contributed by atoms with Crippen LogP contribution in [-0.4, -0.2) is 9.55 Å². The topological polar surface area (TPSA) is 34.9 Å². The smallest absolute Gasteiger partial charge is 0.266 e. The quantitative estimate of drug-likeness (QED) is 0.452. The fourth-order valence-corrected chi connectivity index (χ4v) is 3.25. The molecule has 5 heteroatoms. The van der Waals surface area contributed by atoms with Gasteiger partial charge in [-0.15, -0.1) is 0 Å². The van der Waals surface area contributed by atoms with Crippen LogP contribution in [0.3, 0.4) is 0 Å². The lowest BCUT2D eigenvalue weighted by Crippen LogP contribution is -2.23. The summed E-state index contributed by atoms with van der Waals surface area (Å²) in [6, 6.07) is 18.8. The van der Waals surface area contributed by atoms with Gasteiger partial charge in [0.05, 0.1) is 16.6 Å². The Bertz CT molecular complexity index is 1260. The number of benzene rings is 3. The third kappa shape index (κ3) is 3.35. The molecule has 0 fully saturated rings. The molecule has 0 bridgehead atoms. The maximum absolute atomic E-state index is 13.3. The Labute approximate surface area is 166 Å². The molecule has 0 aliphatic carbocycles. The van der Waals surface area contributed by atoms with E-state index in [1.54, 1.807) is 53.1 Å². The number of halogens is 2. The first-order chi connectivity index (χ1) is 13.5. The van der Waals surface area contributed by atoms with Gasteiger partial charge in [-0.25, -0.2) is 9.37 Å². The zero-order valence-corrected chi connectivity index (χ0v) is 15.8. The molecular weight excluding hydrogens is 375 g/mol. The molecule has 0 saturated heterocycles. The van der Waals surface area contributed by atoms with E-state index in [1.807, 2.05) is 25.1 Å². The molecule has 0 atom stereocenters. The second-order valence-electron chi connectivity index (χ2n) is 6.40. The van der Waals surface area contributed by atoms with E-state index in [4.69, 9.17) is 11.6 Å². The second kappa shape index (κ2) is 7.41. The molecule has 4 rings (SSSR count). The summed E-state index contributed by atoms with van der Waals surface area (Å²) < 4.78 is 14.7. The van der Waals surface area contributed by atoms with Crippen molar-refractivity contribution in [3.63, 3.8) is 0 Å². The van der Waals surface area contributed by atoms with Crippen LogP contribution in [0.1, 0.15) is 17.0 Å². The van der Waals surface area contributed by atoms with Gasteiger partial charge in [0.2, 0.25) is 0 Å². The number of hydrogen-bond acceptors (Lipinski definition) is 2. The van der Waals surface area contributed by atoms with Crippen LogP contribution < -0.4 is 5.56 Å². The minimum atomic E-state index is -0.299. The van der Waals surface area contributed by atoms with E-state index in [0.717, 1.165) is 11.1 Å². The van der Waals surface area contributed by atoms with Gasteiger partial charge in [0, 0.05) is 5.02 Å². The monoisotopic (exact) mass is 390 g/mol. The number of aromatic nitrogens is 2. The lowest BCUT2D eigenvalue weighted by Gasteiger charge is -2.14. The molecule has 0 radical (unpaired) electrons. The highest BCUT2D eigenvalue weighted by Crippen LogP contribution is 2.23. The van der Waals surface area contributed by atoms with Crippen molar-refractivity contribution in [3.05, 3.63) is 105 Å². The van der Waals surface area contributed by atoms with Crippen molar-refractivity contribution >= 4 is 34.7 Å². The van der Waals surface area contributed by atoms with Crippen molar-refractivity contribution in [1.29, 1.82) is 0 Å². The summed E-state index contributed by atoms with van der Waals surface area (Å²) in [6.07, 6.45) is 3.55. The maximum Gasteiger partial charge on any atom is 0.266 e. The highest BCUT2D eigenvalue weighted by molar-refractivity contribution is 6.31. The molecule has 0 saturated carbocycles. The molecule has 1 aromatic heterocycles. The Morgan fingerprint density at radius 3 is 2.50 bits per heavy atom. The Balaban J connectivity index is 1.97. The predicted molar refractivity (Wildman–Crippen MR) is 112 cm³/mol. The van der Waals surface area contributed by atoms with E-state index in [2.05, 4.69) is 4.98 Å². The van der Waals surface area contributed by atoms with E-state index in [-0.39, 0.29) is 11.4 Å². The lowest BCUT2D eigenvalue weighted by molar-refractivity contribution is 0.628. The van der Waals surface area contributed by atoms with E-state index >= 15 is 0 Å². The van der Waals surface area contributed by atoms with Crippen molar-refractivity contribution in [2.45, 2.75) is 6.92 Å². The van der Waals surface area contributed by atoms with Crippen LogP contribution in [-0.2, 0) is 0 Å². The van der Waals surface area contributed by atoms with Crippen LogP contribution >= 0.6 is 11.6 Å². The number of nitrogens with zero attached hydrogens (tertiary/aromatic N) is 2. The van der Waals surface area contributed by atoms with Crippen LogP contribution in [0.15, 0.2) is 71.5 Å². The number of hydrogen-bond donors (Lipinski definition) is 0. The first kappa shape index (κ1) is 18.1. The van der Waals surface area contributed by atoms with Gasteiger partial charge in [-0.05, 0) is 60.5 Å². The normalized spacial score (nSPS) is 11.4. The molecule has 0 aliphatic rings.